The van der Waals surface area contributed by atoms with Crippen molar-refractivity contribution in [2.24, 2.45) is 5.92 Å². The molecule has 0 aliphatic rings. The number of unbranched alkanes of at least 4 members (excludes halogenated alkanes) is 1. The van der Waals surface area contributed by atoms with Crippen LogP contribution in [0.3, 0.4) is 0 Å². The lowest BCUT2D eigenvalue weighted by atomic mass is 10.1. The van der Waals surface area contributed by atoms with E-state index in [9.17, 15) is 4.79 Å². The summed E-state index contributed by atoms with van der Waals surface area (Å²) in [7, 11) is 1.63. The van der Waals surface area contributed by atoms with Crippen molar-refractivity contribution in [3.05, 3.63) is 59.9 Å². The standard InChI is InChI=1S/C24H31N3O2/c1-5-6-15-27-22-10-8-7-9-21(22)25-23(27)17-26(16-18(2)3)24(28)19-11-13-20(29-4)14-12-19/h7-14,18H,5-6,15-17H2,1-4H3. The molecule has 3 rings (SSSR count). The number of hydrogen-bond donors (Lipinski definition) is 0. The first kappa shape index (κ1) is 20.9. The Morgan fingerprint density at radius 3 is 2.52 bits per heavy atom. The van der Waals surface area contributed by atoms with Gasteiger partial charge < -0.3 is 14.2 Å². The normalized spacial score (nSPS) is 11.2. The lowest BCUT2D eigenvalue weighted by molar-refractivity contribution is 0.0716. The Bertz CT molecular complexity index is 944. The number of carbonyl (C=O) groups excluding carboxylic acids is 1. The van der Waals surface area contributed by atoms with E-state index < -0.39 is 0 Å². The quantitative estimate of drug-likeness (QED) is 0.505. The van der Waals surface area contributed by atoms with Crippen LogP contribution in [-0.2, 0) is 13.1 Å². The van der Waals surface area contributed by atoms with Gasteiger partial charge in [-0.25, -0.2) is 4.98 Å². The summed E-state index contributed by atoms with van der Waals surface area (Å²) in [6.07, 6.45) is 2.20. The van der Waals surface area contributed by atoms with Gasteiger partial charge in [-0.3, -0.25) is 4.79 Å². The SMILES string of the molecule is CCCCn1c(CN(CC(C)C)C(=O)c2ccc(OC)cc2)nc2ccccc21. The third-order valence-electron chi connectivity index (χ3n) is 5.01. The summed E-state index contributed by atoms with van der Waals surface area (Å²) < 4.78 is 7.49. The highest BCUT2D eigenvalue weighted by Gasteiger charge is 2.21. The van der Waals surface area contributed by atoms with Crippen LogP contribution in [0.2, 0.25) is 0 Å². The van der Waals surface area contributed by atoms with E-state index in [2.05, 4.69) is 31.4 Å². The fourth-order valence-corrected chi connectivity index (χ4v) is 3.56. The summed E-state index contributed by atoms with van der Waals surface area (Å²) in [6, 6.07) is 15.5. The number of hydrogen-bond acceptors (Lipinski definition) is 3. The number of benzene rings is 2. The van der Waals surface area contributed by atoms with Gasteiger partial charge in [0, 0.05) is 18.7 Å². The molecule has 0 N–H and O–H groups in total. The van der Waals surface area contributed by atoms with Crippen LogP contribution < -0.4 is 4.74 Å². The van der Waals surface area contributed by atoms with Crippen molar-refractivity contribution < 1.29 is 9.53 Å². The van der Waals surface area contributed by atoms with E-state index in [1.54, 1.807) is 7.11 Å². The minimum absolute atomic E-state index is 0.0236. The van der Waals surface area contributed by atoms with E-state index in [1.807, 2.05) is 47.4 Å². The summed E-state index contributed by atoms with van der Waals surface area (Å²) in [4.78, 5) is 20.1. The summed E-state index contributed by atoms with van der Waals surface area (Å²) in [5.74, 6) is 2.08. The average Bonchev–Trinajstić information content (AvgIpc) is 3.08. The van der Waals surface area contributed by atoms with E-state index in [1.165, 1.54) is 0 Å². The fraction of sp³-hybridized carbons (Fsp3) is 0.417. The third-order valence-corrected chi connectivity index (χ3v) is 5.01. The molecule has 0 spiro atoms. The minimum atomic E-state index is 0.0236. The van der Waals surface area contributed by atoms with Gasteiger partial charge in [0.25, 0.3) is 5.91 Å². The number of aryl methyl sites for hydroxylation is 1. The van der Waals surface area contributed by atoms with E-state index in [-0.39, 0.29) is 5.91 Å². The Balaban J connectivity index is 1.92. The summed E-state index contributed by atoms with van der Waals surface area (Å²) in [5, 5.41) is 0. The summed E-state index contributed by atoms with van der Waals surface area (Å²) in [5.41, 5.74) is 2.79. The molecule has 3 aromatic rings. The molecule has 0 atom stereocenters. The maximum atomic E-state index is 13.3. The summed E-state index contributed by atoms with van der Waals surface area (Å²) in [6.45, 7) is 8.56. The number of aromatic nitrogens is 2. The molecule has 29 heavy (non-hydrogen) atoms. The number of para-hydroxylation sites is 2. The second kappa shape index (κ2) is 9.59. The number of ether oxygens (including phenoxy) is 1. The van der Waals surface area contributed by atoms with Crippen LogP contribution >= 0.6 is 0 Å². The molecular weight excluding hydrogens is 362 g/mol. The Labute approximate surface area is 173 Å². The van der Waals surface area contributed by atoms with Crippen molar-refractivity contribution in [2.45, 2.75) is 46.7 Å². The zero-order chi connectivity index (χ0) is 20.8. The molecule has 1 amide bonds. The van der Waals surface area contributed by atoms with Crippen molar-refractivity contribution in [2.75, 3.05) is 13.7 Å². The first-order chi connectivity index (χ1) is 14.0. The highest BCUT2D eigenvalue weighted by Crippen LogP contribution is 2.20. The Morgan fingerprint density at radius 2 is 1.86 bits per heavy atom. The number of carbonyl (C=O) groups is 1. The van der Waals surface area contributed by atoms with Gasteiger partial charge in [0.1, 0.15) is 11.6 Å². The highest BCUT2D eigenvalue weighted by atomic mass is 16.5. The molecule has 0 fully saturated rings. The predicted octanol–water partition coefficient (Wildman–Crippen LogP) is 5.14. The zero-order valence-corrected chi connectivity index (χ0v) is 17.9. The number of imidazole rings is 1. The van der Waals surface area contributed by atoms with Crippen LogP contribution in [0.15, 0.2) is 48.5 Å². The molecule has 1 heterocycles. The van der Waals surface area contributed by atoms with Gasteiger partial charge in [-0.05, 0) is 48.7 Å². The lowest BCUT2D eigenvalue weighted by Gasteiger charge is -2.25. The van der Waals surface area contributed by atoms with Gasteiger partial charge in [0.15, 0.2) is 0 Å². The van der Waals surface area contributed by atoms with Crippen molar-refractivity contribution in [1.29, 1.82) is 0 Å². The van der Waals surface area contributed by atoms with Crippen molar-refractivity contribution in [1.82, 2.24) is 14.5 Å². The van der Waals surface area contributed by atoms with Gasteiger partial charge in [0.05, 0.1) is 24.7 Å². The van der Waals surface area contributed by atoms with Gasteiger partial charge in [-0.15, -0.1) is 0 Å². The van der Waals surface area contributed by atoms with Gasteiger partial charge in [-0.1, -0.05) is 39.3 Å². The third kappa shape index (κ3) is 4.97. The zero-order valence-electron chi connectivity index (χ0n) is 17.9. The first-order valence-electron chi connectivity index (χ1n) is 10.4. The smallest absolute Gasteiger partial charge is 0.254 e. The number of rotatable bonds is 9. The predicted molar refractivity (Wildman–Crippen MR) is 117 cm³/mol. The van der Waals surface area contributed by atoms with E-state index >= 15 is 0 Å². The molecule has 0 saturated carbocycles. The molecule has 0 aliphatic heterocycles. The number of nitrogens with zero attached hydrogens (tertiary/aromatic N) is 3. The van der Waals surface area contributed by atoms with E-state index in [4.69, 9.17) is 9.72 Å². The highest BCUT2D eigenvalue weighted by molar-refractivity contribution is 5.94. The molecular formula is C24H31N3O2. The second-order valence-electron chi connectivity index (χ2n) is 7.83. The molecule has 0 radical (unpaired) electrons. The molecule has 154 valence electrons. The van der Waals surface area contributed by atoms with Gasteiger partial charge in [-0.2, -0.15) is 0 Å². The van der Waals surface area contributed by atoms with Crippen LogP contribution in [0.5, 0.6) is 5.75 Å². The maximum Gasteiger partial charge on any atom is 0.254 e. The van der Waals surface area contributed by atoms with Gasteiger partial charge >= 0.3 is 0 Å². The average molecular weight is 394 g/mol. The molecule has 2 aromatic carbocycles. The minimum Gasteiger partial charge on any atom is -0.497 e. The topological polar surface area (TPSA) is 47.4 Å². The first-order valence-corrected chi connectivity index (χ1v) is 10.4. The molecule has 0 bridgehead atoms. The van der Waals surface area contributed by atoms with Crippen LogP contribution in [0.25, 0.3) is 11.0 Å². The van der Waals surface area contributed by atoms with Crippen LogP contribution in [0.1, 0.15) is 49.8 Å². The van der Waals surface area contributed by atoms with Crippen LogP contribution in [0, 0.1) is 5.92 Å². The molecule has 0 aliphatic carbocycles. The number of fused-ring (bicyclic) bond motifs is 1. The monoisotopic (exact) mass is 393 g/mol. The fourth-order valence-electron chi connectivity index (χ4n) is 3.56. The lowest BCUT2D eigenvalue weighted by Crippen LogP contribution is -2.34. The van der Waals surface area contributed by atoms with Crippen LogP contribution in [0.4, 0.5) is 0 Å². The van der Waals surface area contributed by atoms with E-state index in [0.29, 0.717) is 24.6 Å². The summed E-state index contributed by atoms with van der Waals surface area (Å²) >= 11 is 0. The molecule has 1 aromatic heterocycles. The Kier molecular flexibility index (Phi) is 6.91. The number of amides is 1. The molecule has 5 nitrogen and oxygen atoms in total. The van der Waals surface area contributed by atoms with Crippen LogP contribution in [-0.4, -0.2) is 34.0 Å². The van der Waals surface area contributed by atoms with Crippen molar-refractivity contribution in [3.8, 4) is 5.75 Å². The molecule has 5 heteroatoms. The number of methoxy groups -OCH3 is 1. The Morgan fingerprint density at radius 1 is 1.14 bits per heavy atom. The maximum absolute atomic E-state index is 13.3. The van der Waals surface area contributed by atoms with Crippen molar-refractivity contribution >= 4 is 16.9 Å². The molecule has 0 unspecified atom stereocenters. The second-order valence-corrected chi connectivity index (χ2v) is 7.83. The van der Waals surface area contributed by atoms with Gasteiger partial charge in [0.2, 0.25) is 0 Å². The molecule has 0 saturated heterocycles. The van der Waals surface area contributed by atoms with E-state index in [0.717, 1.165) is 42.0 Å². The van der Waals surface area contributed by atoms with Crippen molar-refractivity contribution in [3.63, 3.8) is 0 Å². The largest absolute Gasteiger partial charge is 0.497 e. The Hall–Kier alpha value is -2.82.